The first-order valence-electron chi connectivity index (χ1n) is 4.89. The SMILES string of the molecule is CCS(=O)(=O)c1ccc(C(=O)C(C)Cl)cc1. The second-order valence-electron chi connectivity index (χ2n) is 3.41. The molecule has 0 spiro atoms. The third-order valence-corrected chi connectivity index (χ3v) is 4.19. The summed E-state index contributed by atoms with van der Waals surface area (Å²) in [6.45, 7) is 3.16. The van der Waals surface area contributed by atoms with E-state index in [1.54, 1.807) is 13.8 Å². The van der Waals surface area contributed by atoms with Crippen LogP contribution in [0.1, 0.15) is 24.2 Å². The van der Waals surface area contributed by atoms with E-state index in [4.69, 9.17) is 11.6 Å². The van der Waals surface area contributed by atoms with Gasteiger partial charge in [0.05, 0.1) is 16.0 Å². The van der Waals surface area contributed by atoms with Crippen LogP contribution in [0.25, 0.3) is 0 Å². The van der Waals surface area contributed by atoms with Gasteiger partial charge in [0.1, 0.15) is 0 Å². The van der Waals surface area contributed by atoms with Gasteiger partial charge in [-0.1, -0.05) is 19.1 Å². The molecule has 0 aliphatic rings. The van der Waals surface area contributed by atoms with E-state index in [9.17, 15) is 13.2 Å². The number of hydrogen-bond acceptors (Lipinski definition) is 3. The Labute approximate surface area is 100 Å². The minimum absolute atomic E-state index is 0.0478. The molecule has 88 valence electrons. The molecule has 0 heterocycles. The molecule has 1 atom stereocenters. The van der Waals surface area contributed by atoms with Crippen LogP contribution in [0.5, 0.6) is 0 Å². The van der Waals surface area contributed by atoms with Crippen LogP contribution in [0.15, 0.2) is 29.2 Å². The van der Waals surface area contributed by atoms with Gasteiger partial charge in [-0.05, 0) is 19.1 Å². The Bertz CT molecular complexity index is 474. The highest BCUT2D eigenvalue weighted by Crippen LogP contribution is 2.14. The van der Waals surface area contributed by atoms with Crippen LogP contribution in [0, 0.1) is 0 Å². The van der Waals surface area contributed by atoms with Crippen molar-refractivity contribution in [3.63, 3.8) is 0 Å². The number of halogens is 1. The second-order valence-corrected chi connectivity index (χ2v) is 6.34. The first-order valence-corrected chi connectivity index (χ1v) is 6.98. The summed E-state index contributed by atoms with van der Waals surface area (Å²) in [5.41, 5.74) is 0.428. The smallest absolute Gasteiger partial charge is 0.180 e. The molecule has 0 saturated carbocycles. The third kappa shape index (κ3) is 2.83. The zero-order valence-corrected chi connectivity index (χ0v) is 10.7. The first-order chi connectivity index (χ1) is 7.38. The van der Waals surface area contributed by atoms with Gasteiger partial charge in [0.15, 0.2) is 15.6 Å². The predicted molar refractivity (Wildman–Crippen MR) is 63.8 cm³/mol. The maximum Gasteiger partial charge on any atom is 0.180 e. The normalized spacial score (nSPS) is 13.4. The summed E-state index contributed by atoms with van der Waals surface area (Å²) in [5.74, 6) is -0.159. The summed E-state index contributed by atoms with van der Waals surface area (Å²) in [5, 5.41) is -0.603. The van der Waals surface area contributed by atoms with Crippen molar-refractivity contribution in [3.05, 3.63) is 29.8 Å². The molecule has 0 N–H and O–H groups in total. The van der Waals surface area contributed by atoms with Crippen molar-refractivity contribution < 1.29 is 13.2 Å². The van der Waals surface area contributed by atoms with Gasteiger partial charge in [-0.25, -0.2) is 8.42 Å². The van der Waals surface area contributed by atoms with Crippen LogP contribution in [-0.2, 0) is 9.84 Å². The van der Waals surface area contributed by atoms with E-state index in [1.165, 1.54) is 24.3 Å². The van der Waals surface area contributed by atoms with Gasteiger partial charge in [0.2, 0.25) is 0 Å². The van der Waals surface area contributed by atoms with Crippen molar-refractivity contribution in [2.75, 3.05) is 5.75 Å². The summed E-state index contributed by atoms with van der Waals surface area (Å²) >= 11 is 5.65. The van der Waals surface area contributed by atoms with Gasteiger partial charge >= 0.3 is 0 Å². The van der Waals surface area contributed by atoms with Gasteiger partial charge in [-0.15, -0.1) is 11.6 Å². The number of carbonyl (C=O) groups excluding carboxylic acids is 1. The van der Waals surface area contributed by atoms with Crippen molar-refractivity contribution in [2.24, 2.45) is 0 Å². The Morgan fingerprint density at radius 1 is 1.31 bits per heavy atom. The average Bonchev–Trinajstić information content (AvgIpc) is 2.28. The lowest BCUT2D eigenvalue weighted by molar-refractivity contribution is 0.0991. The Kier molecular flexibility index (Phi) is 4.10. The van der Waals surface area contributed by atoms with Crippen molar-refractivity contribution in [2.45, 2.75) is 24.1 Å². The van der Waals surface area contributed by atoms with Gasteiger partial charge < -0.3 is 0 Å². The van der Waals surface area contributed by atoms with Gasteiger partial charge in [-0.3, -0.25) is 4.79 Å². The zero-order chi connectivity index (χ0) is 12.3. The number of alkyl halides is 1. The minimum atomic E-state index is -3.21. The van der Waals surface area contributed by atoms with Crippen molar-refractivity contribution >= 4 is 27.2 Å². The summed E-state index contributed by atoms with van der Waals surface area (Å²) in [6, 6.07) is 5.85. The molecule has 5 heteroatoms. The standard InChI is InChI=1S/C11H13ClO3S/c1-3-16(14,15)10-6-4-9(5-7-10)11(13)8(2)12/h4-8H,3H2,1-2H3. The molecule has 3 nitrogen and oxygen atoms in total. The van der Waals surface area contributed by atoms with Crippen LogP contribution in [0.3, 0.4) is 0 Å². The highest BCUT2D eigenvalue weighted by molar-refractivity contribution is 7.91. The van der Waals surface area contributed by atoms with Crippen LogP contribution in [0.2, 0.25) is 0 Å². The zero-order valence-electron chi connectivity index (χ0n) is 9.10. The first kappa shape index (κ1) is 13.2. The quantitative estimate of drug-likeness (QED) is 0.617. The van der Waals surface area contributed by atoms with E-state index < -0.39 is 15.2 Å². The molecule has 0 amide bonds. The monoisotopic (exact) mass is 260 g/mol. The number of carbonyl (C=O) groups is 1. The molecular weight excluding hydrogens is 248 g/mol. The maximum absolute atomic E-state index is 11.5. The Hall–Kier alpha value is -0.870. The molecule has 0 aromatic heterocycles. The molecule has 0 bridgehead atoms. The lowest BCUT2D eigenvalue weighted by Gasteiger charge is -2.04. The Morgan fingerprint density at radius 2 is 1.81 bits per heavy atom. The average molecular weight is 261 g/mol. The fraction of sp³-hybridized carbons (Fsp3) is 0.364. The number of sulfone groups is 1. The minimum Gasteiger partial charge on any atom is -0.293 e. The van der Waals surface area contributed by atoms with E-state index in [2.05, 4.69) is 0 Å². The van der Waals surface area contributed by atoms with Crippen molar-refractivity contribution in [1.29, 1.82) is 0 Å². The highest BCUT2D eigenvalue weighted by Gasteiger charge is 2.15. The molecular formula is C11H13ClO3S. The number of Topliss-reactive ketones (excluding diaryl/α,β-unsaturated/α-hetero) is 1. The predicted octanol–water partition coefficient (Wildman–Crippen LogP) is 2.29. The van der Waals surface area contributed by atoms with E-state index in [1.807, 2.05) is 0 Å². The summed E-state index contributed by atoms with van der Waals surface area (Å²) in [4.78, 5) is 11.7. The maximum atomic E-state index is 11.5. The van der Waals surface area contributed by atoms with E-state index in [0.717, 1.165) is 0 Å². The molecule has 1 aromatic rings. The van der Waals surface area contributed by atoms with Crippen LogP contribution in [0.4, 0.5) is 0 Å². The summed E-state index contributed by atoms with van der Waals surface area (Å²) in [7, 11) is -3.21. The molecule has 1 rings (SSSR count). The van der Waals surface area contributed by atoms with Crippen LogP contribution in [-0.4, -0.2) is 25.3 Å². The number of hydrogen-bond donors (Lipinski definition) is 0. The lowest BCUT2D eigenvalue weighted by Crippen LogP contribution is -2.11. The Balaban J connectivity index is 3.06. The van der Waals surface area contributed by atoms with Crippen LogP contribution >= 0.6 is 11.6 Å². The summed E-state index contributed by atoms with van der Waals surface area (Å²) < 4.78 is 23.0. The molecule has 16 heavy (non-hydrogen) atoms. The molecule has 1 aromatic carbocycles. The lowest BCUT2D eigenvalue weighted by atomic mass is 10.1. The Morgan fingerprint density at radius 3 is 2.19 bits per heavy atom. The van der Waals surface area contributed by atoms with Crippen LogP contribution < -0.4 is 0 Å². The highest BCUT2D eigenvalue weighted by atomic mass is 35.5. The van der Waals surface area contributed by atoms with Crippen molar-refractivity contribution in [1.82, 2.24) is 0 Å². The van der Waals surface area contributed by atoms with Gasteiger partial charge in [-0.2, -0.15) is 0 Å². The molecule has 1 unspecified atom stereocenters. The van der Waals surface area contributed by atoms with Gasteiger partial charge in [0, 0.05) is 5.56 Å². The largest absolute Gasteiger partial charge is 0.293 e. The molecule has 0 aliphatic heterocycles. The number of rotatable bonds is 4. The van der Waals surface area contributed by atoms with E-state index >= 15 is 0 Å². The topological polar surface area (TPSA) is 51.2 Å². The third-order valence-electron chi connectivity index (χ3n) is 2.24. The fourth-order valence-corrected chi connectivity index (χ4v) is 2.23. The van der Waals surface area contributed by atoms with E-state index in [0.29, 0.717) is 5.56 Å². The van der Waals surface area contributed by atoms with Crippen molar-refractivity contribution in [3.8, 4) is 0 Å². The number of ketones is 1. The molecule has 0 fully saturated rings. The summed E-state index contributed by atoms with van der Waals surface area (Å²) in [6.07, 6.45) is 0. The molecule has 0 saturated heterocycles. The van der Waals surface area contributed by atoms with Gasteiger partial charge in [0.25, 0.3) is 0 Å². The molecule has 0 radical (unpaired) electrons. The second kappa shape index (κ2) is 4.97. The number of benzene rings is 1. The van der Waals surface area contributed by atoms with E-state index in [-0.39, 0.29) is 16.4 Å². The molecule has 0 aliphatic carbocycles. The fourth-order valence-electron chi connectivity index (χ4n) is 1.22.